The van der Waals surface area contributed by atoms with Crippen LogP contribution in [0.1, 0.15) is 10.4 Å². The molecule has 0 aliphatic carbocycles. The van der Waals surface area contributed by atoms with Crippen LogP contribution in [-0.4, -0.2) is 49.1 Å². The van der Waals surface area contributed by atoms with Crippen molar-refractivity contribution >= 4 is 22.9 Å². The molecule has 1 fully saturated rings. The molecule has 1 aromatic carbocycles. The molecule has 138 valence electrons. The lowest BCUT2D eigenvalue weighted by Crippen LogP contribution is -2.48. The highest BCUT2D eigenvalue weighted by Crippen LogP contribution is 2.24. The quantitative estimate of drug-likeness (QED) is 0.692. The Hall–Kier alpha value is -2.86. The minimum atomic E-state index is 0.0468. The van der Waals surface area contributed by atoms with Crippen molar-refractivity contribution in [3.8, 4) is 16.3 Å². The molecule has 27 heavy (non-hydrogen) atoms. The van der Waals surface area contributed by atoms with Gasteiger partial charge < -0.3 is 14.5 Å². The number of hydrogen-bond acceptors (Lipinski definition) is 5. The summed E-state index contributed by atoms with van der Waals surface area (Å²) in [5, 5.41) is 2.03. The van der Waals surface area contributed by atoms with E-state index in [1.165, 1.54) is 0 Å². The van der Waals surface area contributed by atoms with E-state index in [1.807, 2.05) is 52.7 Å². The zero-order chi connectivity index (χ0) is 18.6. The predicted molar refractivity (Wildman–Crippen MR) is 109 cm³/mol. The van der Waals surface area contributed by atoms with E-state index in [9.17, 15) is 4.79 Å². The lowest BCUT2D eigenvalue weighted by atomic mass is 10.2. The predicted octanol–water partition coefficient (Wildman–Crippen LogP) is 3.78. The number of aromatic nitrogens is 1. The maximum atomic E-state index is 12.8. The molecule has 0 bridgehead atoms. The van der Waals surface area contributed by atoms with Gasteiger partial charge in [-0.2, -0.15) is 0 Å². The number of benzene rings is 1. The van der Waals surface area contributed by atoms with Crippen LogP contribution in [0.5, 0.6) is 5.75 Å². The molecule has 3 heterocycles. The van der Waals surface area contributed by atoms with Gasteiger partial charge in [-0.3, -0.25) is 9.78 Å². The number of ether oxygens (including phenoxy) is 1. The molecule has 0 radical (unpaired) electrons. The van der Waals surface area contributed by atoms with Crippen LogP contribution >= 0.6 is 11.3 Å². The van der Waals surface area contributed by atoms with Crippen molar-refractivity contribution in [3.05, 3.63) is 65.7 Å². The molecule has 5 nitrogen and oxygen atoms in total. The number of pyridine rings is 1. The largest absolute Gasteiger partial charge is 0.497 e. The third-order valence-electron chi connectivity index (χ3n) is 4.77. The van der Waals surface area contributed by atoms with Crippen molar-refractivity contribution in [2.45, 2.75) is 0 Å². The SMILES string of the molecule is COc1cccc(N2CCN(C(=O)c3ccc(-c4cccs4)nc3)CC2)c1. The third-order valence-corrected chi connectivity index (χ3v) is 5.66. The fourth-order valence-corrected chi connectivity index (χ4v) is 3.95. The van der Waals surface area contributed by atoms with Crippen molar-refractivity contribution < 1.29 is 9.53 Å². The van der Waals surface area contributed by atoms with Crippen molar-refractivity contribution in [3.63, 3.8) is 0 Å². The molecule has 1 aliphatic rings. The molecule has 2 aromatic heterocycles. The number of carbonyl (C=O) groups is 1. The first kappa shape index (κ1) is 17.5. The molecule has 0 saturated carbocycles. The van der Waals surface area contributed by atoms with Gasteiger partial charge >= 0.3 is 0 Å². The molecule has 1 amide bonds. The second-order valence-corrected chi connectivity index (χ2v) is 7.34. The van der Waals surface area contributed by atoms with E-state index in [0.717, 1.165) is 35.1 Å². The van der Waals surface area contributed by atoms with E-state index in [0.29, 0.717) is 18.7 Å². The fourth-order valence-electron chi connectivity index (χ4n) is 3.25. The summed E-state index contributed by atoms with van der Waals surface area (Å²) >= 11 is 1.65. The summed E-state index contributed by atoms with van der Waals surface area (Å²) in [6, 6.07) is 15.9. The number of rotatable bonds is 4. The summed E-state index contributed by atoms with van der Waals surface area (Å²) in [7, 11) is 1.67. The number of piperazine rings is 1. The molecule has 0 spiro atoms. The van der Waals surface area contributed by atoms with E-state index >= 15 is 0 Å². The van der Waals surface area contributed by atoms with E-state index in [1.54, 1.807) is 24.6 Å². The Morgan fingerprint density at radius 1 is 1.07 bits per heavy atom. The summed E-state index contributed by atoms with van der Waals surface area (Å²) in [6.07, 6.45) is 1.69. The van der Waals surface area contributed by atoms with Crippen molar-refractivity contribution in [1.82, 2.24) is 9.88 Å². The fraction of sp³-hybridized carbons (Fsp3) is 0.238. The van der Waals surface area contributed by atoms with E-state index in [2.05, 4.69) is 16.0 Å². The van der Waals surface area contributed by atoms with Crippen LogP contribution in [0.4, 0.5) is 5.69 Å². The second-order valence-electron chi connectivity index (χ2n) is 6.39. The minimum absolute atomic E-state index is 0.0468. The Morgan fingerprint density at radius 3 is 2.59 bits per heavy atom. The van der Waals surface area contributed by atoms with E-state index in [4.69, 9.17) is 4.74 Å². The van der Waals surface area contributed by atoms with Gasteiger partial charge in [0.2, 0.25) is 0 Å². The zero-order valence-electron chi connectivity index (χ0n) is 15.2. The first-order chi connectivity index (χ1) is 13.2. The van der Waals surface area contributed by atoms with Gasteiger partial charge in [0, 0.05) is 44.1 Å². The van der Waals surface area contributed by atoms with Crippen LogP contribution in [0.25, 0.3) is 10.6 Å². The maximum absolute atomic E-state index is 12.8. The monoisotopic (exact) mass is 379 g/mol. The van der Waals surface area contributed by atoms with Gasteiger partial charge in [-0.05, 0) is 35.7 Å². The van der Waals surface area contributed by atoms with Gasteiger partial charge in [0.1, 0.15) is 5.75 Å². The smallest absolute Gasteiger partial charge is 0.255 e. The molecule has 1 saturated heterocycles. The van der Waals surface area contributed by atoms with Crippen molar-refractivity contribution in [2.75, 3.05) is 38.2 Å². The normalized spacial score (nSPS) is 14.3. The molecular formula is C21H21N3O2S. The molecule has 0 atom stereocenters. The Balaban J connectivity index is 1.39. The summed E-state index contributed by atoms with van der Waals surface area (Å²) in [5.41, 5.74) is 2.68. The molecule has 1 aliphatic heterocycles. The first-order valence-corrected chi connectivity index (χ1v) is 9.81. The Bertz CT molecular complexity index is 901. The molecular weight excluding hydrogens is 358 g/mol. The second kappa shape index (κ2) is 7.80. The van der Waals surface area contributed by atoms with Gasteiger partial charge in [-0.1, -0.05) is 12.1 Å². The number of carbonyl (C=O) groups excluding carboxylic acids is 1. The molecule has 0 unspecified atom stereocenters. The van der Waals surface area contributed by atoms with Gasteiger partial charge in [0.15, 0.2) is 0 Å². The minimum Gasteiger partial charge on any atom is -0.497 e. The molecule has 0 N–H and O–H groups in total. The van der Waals surface area contributed by atoms with Gasteiger partial charge in [-0.15, -0.1) is 11.3 Å². The van der Waals surface area contributed by atoms with Gasteiger partial charge in [0.25, 0.3) is 5.91 Å². The molecule has 3 aromatic rings. The van der Waals surface area contributed by atoms with Crippen LogP contribution in [0.3, 0.4) is 0 Å². The maximum Gasteiger partial charge on any atom is 0.255 e. The van der Waals surface area contributed by atoms with Crippen LogP contribution in [0.2, 0.25) is 0 Å². The molecule has 6 heteroatoms. The standard InChI is InChI=1S/C21H21N3O2S/c1-26-18-5-2-4-17(14-18)23-9-11-24(12-10-23)21(25)16-7-8-19(22-15-16)20-6-3-13-27-20/h2-8,13-15H,9-12H2,1H3. The highest BCUT2D eigenvalue weighted by Gasteiger charge is 2.22. The lowest BCUT2D eigenvalue weighted by molar-refractivity contribution is 0.0746. The number of methoxy groups -OCH3 is 1. The van der Waals surface area contributed by atoms with Crippen LogP contribution < -0.4 is 9.64 Å². The van der Waals surface area contributed by atoms with Crippen LogP contribution in [-0.2, 0) is 0 Å². The van der Waals surface area contributed by atoms with Crippen LogP contribution in [0, 0.1) is 0 Å². The van der Waals surface area contributed by atoms with E-state index < -0.39 is 0 Å². The zero-order valence-corrected chi connectivity index (χ0v) is 16.0. The molecule has 4 rings (SSSR count). The van der Waals surface area contributed by atoms with Gasteiger partial charge in [-0.25, -0.2) is 0 Å². The summed E-state index contributed by atoms with van der Waals surface area (Å²) < 4.78 is 5.30. The number of anilines is 1. The number of hydrogen-bond donors (Lipinski definition) is 0. The summed E-state index contributed by atoms with van der Waals surface area (Å²) in [5.74, 6) is 0.897. The van der Waals surface area contributed by atoms with Crippen LogP contribution in [0.15, 0.2) is 60.1 Å². The average molecular weight is 379 g/mol. The average Bonchev–Trinajstić information content (AvgIpc) is 3.28. The number of thiophene rings is 1. The topological polar surface area (TPSA) is 45.7 Å². The third kappa shape index (κ3) is 3.80. The summed E-state index contributed by atoms with van der Waals surface area (Å²) in [6.45, 7) is 3.00. The van der Waals surface area contributed by atoms with Gasteiger partial charge in [0.05, 0.1) is 23.2 Å². The Kier molecular flexibility index (Phi) is 5.07. The number of amides is 1. The number of nitrogens with zero attached hydrogens (tertiary/aromatic N) is 3. The Morgan fingerprint density at radius 2 is 1.93 bits per heavy atom. The first-order valence-electron chi connectivity index (χ1n) is 8.93. The highest BCUT2D eigenvalue weighted by molar-refractivity contribution is 7.13. The van der Waals surface area contributed by atoms with Crippen molar-refractivity contribution in [1.29, 1.82) is 0 Å². The lowest BCUT2D eigenvalue weighted by Gasteiger charge is -2.36. The summed E-state index contributed by atoms with van der Waals surface area (Å²) in [4.78, 5) is 22.5. The van der Waals surface area contributed by atoms with Crippen molar-refractivity contribution in [2.24, 2.45) is 0 Å². The Labute approximate surface area is 162 Å². The highest BCUT2D eigenvalue weighted by atomic mass is 32.1. The van der Waals surface area contributed by atoms with E-state index in [-0.39, 0.29) is 5.91 Å².